The Morgan fingerprint density at radius 3 is 2.70 bits per heavy atom. The van der Waals surface area contributed by atoms with Gasteiger partial charge in [0.05, 0.1) is 6.54 Å². The number of nitrogens with zero attached hydrogens (tertiary/aromatic N) is 1. The van der Waals surface area contributed by atoms with E-state index in [0.29, 0.717) is 6.54 Å². The molecule has 2 rings (SSSR count). The molecule has 0 saturated carbocycles. The van der Waals surface area contributed by atoms with Crippen LogP contribution in [0.3, 0.4) is 0 Å². The number of carbonyl (C=O) groups excluding carboxylic acids is 1. The van der Waals surface area contributed by atoms with Crippen LogP contribution in [0.15, 0.2) is 30.3 Å². The Balaban J connectivity index is 0.00000200. The molecule has 0 spiro atoms. The van der Waals surface area contributed by atoms with E-state index in [4.69, 9.17) is 0 Å². The van der Waals surface area contributed by atoms with Gasteiger partial charge in [-0.2, -0.15) is 0 Å². The Bertz CT molecular complexity index is 397. The van der Waals surface area contributed by atoms with Crippen LogP contribution in [0.1, 0.15) is 32.6 Å². The lowest BCUT2D eigenvalue weighted by Gasteiger charge is -2.21. The van der Waals surface area contributed by atoms with Gasteiger partial charge in [-0.05, 0) is 37.3 Å². The second-order valence-corrected chi connectivity index (χ2v) is 5.31. The topological polar surface area (TPSA) is 32.3 Å². The van der Waals surface area contributed by atoms with Gasteiger partial charge in [-0.15, -0.1) is 12.4 Å². The molecule has 1 N–H and O–H groups in total. The summed E-state index contributed by atoms with van der Waals surface area (Å²) in [6.45, 7) is 4.50. The molecule has 1 aromatic rings. The molecule has 1 unspecified atom stereocenters. The van der Waals surface area contributed by atoms with Gasteiger partial charge in [0.1, 0.15) is 0 Å². The second kappa shape index (κ2) is 8.85. The summed E-state index contributed by atoms with van der Waals surface area (Å²) >= 11 is 0. The molecule has 1 atom stereocenters. The fourth-order valence-corrected chi connectivity index (χ4v) is 2.67. The summed E-state index contributed by atoms with van der Waals surface area (Å²) < 4.78 is 0. The van der Waals surface area contributed by atoms with Crippen LogP contribution in [0.2, 0.25) is 0 Å². The van der Waals surface area contributed by atoms with Gasteiger partial charge in [-0.1, -0.05) is 31.5 Å². The molecule has 0 aromatic heterocycles. The summed E-state index contributed by atoms with van der Waals surface area (Å²) in [6, 6.07) is 9.91. The van der Waals surface area contributed by atoms with E-state index in [1.165, 1.54) is 12.8 Å². The highest BCUT2D eigenvalue weighted by Gasteiger charge is 2.19. The quantitative estimate of drug-likeness (QED) is 0.921. The number of anilines is 1. The Labute approximate surface area is 128 Å². The maximum Gasteiger partial charge on any atom is 0.241 e. The maximum absolute atomic E-state index is 12.2. The molecule has 4 heteroatoms. The maximum atomic E-state index is 12.2. The van der Waals surface area contributed by atoms with Gasteiger partial charge in [-0.3, -0.25) is 4.79 Å². The molecule has 20 heavy (non-hydrogen) atoms. The number of rotatable bonds is 4. The molecule has 1 amide bonds. The van der Waals surface area contributed by atoms with Gasteiger partial charge < -0.3 is 10.2 Å². The van der Waals surface area contributed by atoms with Crippen molar-refractivity contribution in [2.24, 2.45) is 5.92 Å². The Hall–Kier alpha value is -1.22. The van der Waals surface area contributed by atoms with E-state index in [2.05, 4.69) is 12.2 Å². The number of para-hydroxylation sites is 1. The van der Waals surface area contributed by atoms with E-state index < -0.39 is 0 Å². The van der Waals surface area contributed by atoms with Crippen molar-refractivity contribution in [3.63, 3.8) is 0 Å². The van der Waals surface area contributed by atoms with Crippen molar-refractivity contribution < 1.29 is 4.79 Å². The van der Waals surface area contributed by atoms with E-state index in [1.54, 1.807) is 0 Å². The third-order valence-electron chi connectivity index (χ3n) is 4.00. The Kier molecular flexibility index (Phi) is 7.45. The molecule has 0 bridgehead atoms. The smallest absolute Gasteiger partial charge is 0.241 e. The molecule has 1 aliphatic rings. The van der Waals surface area contributed by atoms with Crippen LogP contribution in [0, 0.1) is 5.92 Å². The van der Waals surface area contributed by atoms with Crippen LogP contribution in [0.5, 0.6) is 0 Å². The minimum Gasteiger partial charge on any atom is -0.376 e. The number of amides is 1. The number of likely N-dealkylation sites (tertiary alicyclic amines) is 1. The van der Waals surface area contributed by atoms with E-state index >= 15 is 0 Å². The lowest BCUT2D eigenvalue weighted by atomic mass is 9.98. The van der Waals surface area contributed by atoms with Crippen molar-refractivity contribution in [2.75, 3.05) is 25.0 Å². The summed E-state index contributed by atoms with van der Waals surface area (Å²) in [7, 11) is 0. The van der Waals surface area contributed by atoms with Gasteiger partial charge in [0.2, 0.25) is 5.91 Å². The van der Waals surface area contributed by atoms with Crippen molar-refractivity contribution in [2.45, 2.75) is 32.6 Å². The number of benzene rings is 1. The van der Waals surface area contributed by atoms with Gasteiger partial charge in [0.15, 0.2) is 0 Å². The summed E-state index contributed by atoms with van der Waals surface area (Å²) in [4.78, 5) is 14.2. The van der Waals surface area contributed by atoms with E-state index in [1.807, 2.05) is 35.2 Å². The first-order valence-corrected chi connectivity index (χ1v) is 7.36. The largest absolute Gasteiger partial charge is 0.376 e. The van der Waals surface area contributed by atoms with Crippen LogP contribution in [-0.4, -0.2) is 30.4 Å². The summed E-state index contributed by atoms with van der Waals surface area (Å²) in [5.41, 5.74) is 1.01. The van der Waals surface area contributed by atoms with Crippen molar-refractivity contribution in [3.8, 4) is 0 Å². The fourth-order valence-electron chi connectivity index (χ4n) is 2.67. The van der Waals surface area contributed by atoms with Crippen molar-refractivity contribution in [3.05, 3.63) is 30.3 Å². The third-order valence-corrected chi connectivity index (χ3v) is 4.00. The summed E-state index contributed by atoms with van der Waals surface area (Å²) in [5.74, 6) is 1.03. The standard InChI is InChI=1S/C16H24N2O.ClH/c1-2-14-7-6-11-18(12-10-14)16(19)13-17-15-8-4-3-5-9-15;/h3-5,8-9,14,17H,2,6-7,10-13H2,1H3;1H. The first kappa shape index (κ1) is 16.8. The van der Waals surface area contributed by atoms with Crippen LogP contribution in [-0.2, 0) is 4.79 Å². The number of hydrogen-bond donors (Lipinski definition) is 1. The molecule has 0 radical (unpaired) electrons. The average molecular weight is 297 g/mol. The van der Waals surface area contributed by atoms with Crippen molar-refractivity contribution in [1.29, 1.82) is 0 Å². The molecule has 112 valence electrons. The summed E-state index contributed by atoms with van der Waals surface area (Å²) in [6.07, 6.45) is 4.82. The highest BCUT2D eigenvalue weighted by atomic mass is 35.5. The first-order valence-electron chi connectivity index (χ1n) is 7.36. The van der Waals surface area contributed by atoms with Gasteiger partial charge in [0.25, 0.3) is 0 Å². The predicted molar refractivity (Wildman–Crippen MR) is 86.4 cm³/mol. The fraction of sp³-hybridized carbons (Fsp3) is 0.562. The first-order chi connectivity index (χ1) is 9.29. The zero-order chi connectivity index (χ0) is 13.5. The highest BCUT2D eigenvalue weighted by Crippen LogP contribution is 2.20. The molecule has 1 heterocycles. The minimum atomic E-state index is 0. The van der Waals surface area contributed by atoms with Gasteiger partial charge in [0, 0.05) is 18.8 Å². The average Bonchev–Trinajstić information content (AvgIpc) is 2.71. The number of nitrogens with one attached hydrogen (secondary N) is 1. The predicted octanol–water partition coefficient (Wildman–Crippen LogP) is 3.56. The molecule has 1 aromatic carbocycles. The lowest BCUT2D eigenvalue weighted by molar-refractivity contribution is -0.129. The molecule has 0 aliphatic carbocycles. The lowest BCUT2D eigenvalue weighted by Crippen LogP contribution is -2.36. The Morgan fingerprint density at radius 1 is 1.25 bits per heavy atom. The molecular formula is C16H25ClN2O. The van der Waals surface area contributed by atoms with Crippen molar-refractivity contribution in [1.82, 2.24) is 4.90 Å². The normalized spacial score (nSPS) is 18.9. The highest BCUT2D eigenvalue weighted by molar-refractivity contribution is 5.85. The van der Waals surface area contributed by atoms with Crippen LogP contribution < -0.4 is 5.32 Å². The Morgan fingerprint density at radius 2 is 2.00 bits per heavy atom. The molecule has 3 nitrogen and oxygen atoms in total. The number of halogens is 1. The second-order valence-electron chi connectivity index (χ2n) is 5.31. The zero-order valence-corrected chi connectivity index (χ0v) is 13.0. The van der Waals surface area contributed by atoms with Crippen LogP contribution in [0.4, 0.5) is 5.69 Å². The molecule has 1 fully saturated rings. The van der Waals surface area contributed by atoms with Crippen molar-refractivity contribution >= 4 is 24.0 Å². The monoisotopic (exact) mass is 296 g/mol. The SMILES string of the molecule is CCC1CCCN(C(=O)CNc2ccccc2)CC1.Cl. The molecule has 1 aliphatic heterocycles. The van der Waals surface area contributed by atoms with E-state index in [-0.39, 0.29) is 18.3 Å². The third kappa shape index (κ3) is 5.04. The minimum absolute atomic E-state index is 0. The molecule has 1 saturated heterocycles. The van der Waals surface area contributed by atoms with Gasteiger partial charge >= 0.3 is 0 Å². The number of hydrogen-bond acceptors (Lipinski definition) is 2. The van der Waals surface area contributed by atoms with E-state index in [9.17, 15) is 4.79 Å². The summed E-state index contributed by atoms with van der Waals surface area (Å²) in [5, 5.41) is 3.20. The van der Waals surface area contributed by atoms with E-state index in [0.717, 1.165) is 37.5 Å². The zero-order valence-electron chi connectivity index (χ0n) is 12.2. The molecular weight excluding hydrogens is 272 g/mol. The van der Waals surface area contributed by atoms with Gasteiger partial charge in [-0.25, -0.2) is 0 Å². The van der Waals surface area contributed by atoms with Crippen LogP contribution in [0.25, 0.3) is 0 Å². The van der Waals surface area contributed by atoms with Crippen LogP contribution >= 0.6 is 12.4 Å². The number of carbonyl (C=O) groups is 1.